The number of nitrogens with zero attached hydrogens (tertiary/aromatic N) is 2. The molecule has 7 nitrogen and oxygen atoms in total. The maximum absolute atomic E-state index is 11.2. The molecule has 0 saturated heterocycles. The van der Waals surface area contributed by atoms with Crippen LogP contribution in [0.4, 0.5) is 0 Å². The Morgan fingerprint density at radius 3 is 2.51 bits per heavy atom. The fourth-order valence-electron chi connectivity index (χ4n) is 3.30. The fourth-order valence-corrected chi connectivity index (χ4v) is 5.49. The Morgan fingerprint density at radius 2 is 1.80 bits per heavy atom. The van der Waals surface area contributed by atoms with E-state index in [1.807, 2.05) is 41.8 Å². The summed E-state index contributed by atoms with van der Waals surface area (Å²) in [6.07, 6.45) is 3.57. The zero-order chi connectivity index (χ0) is 25.2. The zero-order valence-corrected chi connectivity index (χ0v) is 21.7. The lowest BCUT2D eigenvalue weighted by molar-refractivity contribution is -0.141. The largest absolute Gasteiger partial charge is 0.468 e. The van der Waals surface area contributed by atoms with Crippen molar-refractivity contribution in [2.75, 3.05) is 27.2 Å². The van der Waals surface area contributed by atoms with E-state index in [1.54, 1.807) is 23.3 Å². The number of aromatic amines is 1. The van der Waals surface area contributed by atoms with Gasteiger partial charge < -0.3 is 20.5 Å². The fraction of sp³-hybridized carbons (Fsp3) is 0.192. The molecule has 0 saturated carbocycles. The van der Waals surface area contributed by atoms with Crippen LogP contribution in [0.1, 0.15) is 5.56 Å². The highest BCUT2D eigenvalue weighted by molar-refractivity contribution is 7.99. The number of aromatic nitrogens is 1. The monoisotopic (exact) mass is 509 g/mol. The molecule has 0 amide bonds. The molecule has 0 unspecified atom stereocenters. The van der Waals surface area contributed by atoms with Crippen molar-refractivity contribution in [3.63, 3.8) is 0 Å². The molecule has 2 heterocycles. The number of ether oxygens (including phenoxy) is 1. The second-order valence-electron chi connectivity index (χ2n) is 7.83. The summed E-state index contributed by atoms with van der Waals surface area (Å²) >= 11 is 3.34. The first-order valence-corrected chi connectivity index (χ1v) is 12.6. The van der Waals surface area contributed by atoms with Gasteiger partial charge in [0.1, 0.15) is 6.54 Å². The Kier molecular flexibility index (Phi) is 9.80. The lowest BCUT2D eigenvalue weighted by atomic mass is 10.2. The number of carbonyl (C=O) groups is 1. The molecule has 0 atom stereocenters. The quantitative estimate of drug-likeness (QED) is 0.133. The minimum atomic E-state index is -0.415. The lowest BCUT2D eigenvalue weighted by Gasteiger charge is -2.17. The number of likely N-dealkylation sites (N-methyl/N-ethyl adjacent to an activating group) is 1. The minimum Gasteiger partial charge on any atom is -0.468 e. The van der Waals surface area contributed by atoms with Crippen LogP contribution < -0.4 is 11.6 Å². The van der Waals surface area contributed by atoms with Gasteiger partial charge >= 0.3 is 5.97 Å². The van der Waals surface area contributed by atoms with E-state index >= 15 is 0 Å². The normalized spacial score (nSPS) is 11.3. The first-order valence-electron chi connectivity index (χ1n) is 11.0. The average Bonchev–Trinajstić information content (AvgIpc) is 3.46. The summed E-state index contributed by atoms with van der Waals surface area (Å²) in [5.74, 6) is 5.28. The van der Waals surface area contributed by atoms with Crippen molar-refractivity contribution in [1.82, 2.24) is 14.3 Å². The molecule has 4 rings (SSSR count). The Morgan fingerprint density at radius 1 is 1.09 bits per heavy atom. The highest BCUT2D eigenvalue weighted by atomic mass is 32.2. The molecule has 2 aromatic heterocycles. The van der Waals surface area contributed by atoms with E-state index in [0.717, 1.165) is 0 Å². The smallest absolute Gasteiger partial charge is 0.326 e. The predicted octanol–water partition coefficient (Wildman–Crippen LogP) is 4.98. The van der Waals surface area contributed by atoms with Gasteiger partial charge in [0, 0.05) is 33.9 Å². The first-order chi connectivity index (χ1) is 16.9. The third-order valence-corrected chi connectivity index (χ3v) is 7.12. The van der Waals surface area contributed by atoms with Gasteiger partial charge in [-0.05, 0) is 55.2 Å². The van der Waals surface area contributed by atoms with Crippen molar-refractivity contribution in [1.29, 1.82) is 0 Å². The van der Waals surface area contributed by atoms with Crippen LogP contribution in [0.2, 0.25) is 0 Å². The Hall–Kier alpha value is -3.24. The Labute approximate surface area is 214 Å². The molecule has 2 aromatic carbocycles. The second kappa shape index (κ2) is 13.0. The van der Waals surface area contributed by atoms with Crippen molar-refractivity contribution < 1.29 is 9.53 Å². The SMILES string of the molecule is COC(=O)CN(N)/C=C(\N)CN(C)Sc1ccc(-c2ccccc2)s1.Cc1c[nH]c2ccccc12. The number of hydrogen-bond acceptors (Lipinski definition) is 8. The molecule has 4 aromatic rings. The number of fused-ring (bicyclic) bond motifs is 1. The molecule has 0 bridgehead atoms. The third kappa shape index (κ3) is 8.18. The molecule has 35 heavy (non-hydrogen) atoms. The molecule has 0 radical (unpaired) electrons. The van der Waals surface area contributed by atoms with E-state index in [9.17, 15) is 4.79 Å². The lowest BCUT2D eigenvalue weighted by Crippen LogP contribution is -2.33. The summed E-state index contributed by atoms with van der Waals surface area (Å²) in [6, 6.07) is 22.8. The van der Waals surface area contributed by atoms with E-state index in [2.05, 4.69) is 59.1 Å². The van der Waals surface area contributed by atoms with Crippen molar-refractivity contribution in [3.8, 4) is 10.4 Å². The molecule has 184 valence electrons. The number of hydrogen-bond donors (Lipinski definition) is 3. The van der Waals surface area contributed by atoms with Gasteiger partial charge in [-0.15, -0.1) is 11.3 Å². The van der Waals surface area contributed by atoms with Crippen molar-refractivity contribution in [3.05, 3.63) is 90.4 Å². The molecular weight excluding hydrogens is 478 g/mol. The summed E-state index contributed by atoms with van der Waals surface area (Å²) < 4.78 is 7.74. The second-order valence-corrected chi connectivity index (χ2v) is 10.4. The topological polar surface area (TPSA) is 101 Å². The van der Waals surface area contributed by atoms with E-state index in [4.69, 9.17) is 11.6 Å². The minimum absolute atomic E-state index is 0.0422. The standard InChI is InChI=1S/C17H22N4O2S2.C9H9N/c1-20(10-14(18)11-21(19)12-16(22)23-2)25-17-9-8-15(24-17)13-6-4-3-5-7-13;1-7-6-10-9-5-3-2-4-8(7)9/h3-9,11H,10,12,18-19H2,1-2H3;2-6,10H,1H3/b14-11-;. The Bertz CT molecular complexity index is 1250. The number of nitrogens with two attached hydrogens (primary N) is 2. The predicted molar refractivity (Wildman–Crippen MR) is 146 cm³/mol. The van der Waals surface area contributed by atoms with E-state index < -0.39 is 5.97 Å². The van der Waals surface area contributed by atoms with Crippen LogP contribution in [0.15, 0.2) is 89.0 Å². The summed E-state index contributed by atoms with van der Waals surface area (Å²) in [7, 11) is 3.27. The van der Waals surface area contributed by atoms with Crippen LogP contribution in [0, 0.1) is 6.92 Å². The Balaban J connectivity index is 0.000000281. The van der Waals surface area contributed by atoms with Crippen LogP contribution in [0.3, 0.4) is 0 Å². The molecule has 9 heteroatoms. The number of rotatable bonds is 8. The average molecular weight is 510 g/mol. The van der Waals surface area contributed by atoms with Gasteiger partial charge in [-0.3, -0.25) is 4.79 Å². The molecule has 0 spiro atoms. The number of methoxy groups -OCH3 is 1. The molecule has 5 N–H and O–H groups in total. The summed E-state index contributed by atoms with van der Waals surface area (Å²) in [5.41, 5.74) is 10.3. The van der Waals surface area contributed by atoms with Crippen LogP contribution >= 0.6 is 23.3 Å². The molecule has 0 fully saturated rings. The van der Waals surface area contributed by atoms with Gasteiger partial charge in [-0.1, -0.05) is 48.5 Å². The van der Waals surface area contributed by atoms with Gasteiger partial charge in [0.15, 0.2) is 0 Å². The highest BCUT2D eigenvalue weighted by Crippen LogP contribution is 2.34. The van der Waals surface area contributed by atoms with Crippen molar-refractivity contribution in [2.24, 2.45) is 11.6 Å². The van der Waals surface area contributed by atoms with Crippen LogP contribution in [-0.2, 0) is 9.53 Å². The van der Waals surface area contributed by atoms with E-state index in [0.29, 0.717) is 12.2 Å². The third-order valence-electron chi connectivity index (χ3n) is 4.96. The summed E-state index contributed by atoms with van der Waals surface area (Å²) in [4.78, 5) is 15.6. The van der Waals surface area contributed by atoms with Gasteiger partial charge in [0.05, 0.1) is 17.9 Å². The number of thiophene rings is 1. The van der Waals surface area contributed by atoms with Crippen LogP contribution in [0.5, 0.6) is 0 Å². The van der Waals surface area contributed by atoms with Gasteiger partial charge in [-0.2, -0.15) is 0 Å². The van der Waals surface area contributed by atoms with Gasteiger partial charge in [0.2, 0.25) is 0 Å². The van der Waals surface area contributed by atoms with Gasteiger partial charge in [0.25, 0.3) is 0 Å². The number of nitrogens with one attached hydrogen (secondary N) is 1. The number of carbonyl (C=O) groups excluding carboxylic acids is 1. The number of H-pyrrole nitrogens is 1. The number of para-hydroxylation sites is 1. The zero-order valence-electron chi connectivity index (χ0n) is 20.1. The maximum atomic E-state index is 11.2. The van der Waals surface area contributed by atoms with Crippen molar-refractivity contribution in [2.45, 2.75) is 11.1 Å². The maximum Gasteiger partial charge on any atom is 0.326 e. The number of hydrazine groups is 1. The first kappa shape index (κ1) is 26.4. The number of aryl methyl sites for hydroxylation is 1. The summed E-state index contributed by atoms with van der Waals surface area (Å²) in [6.45, 7) is 2.58. The number of esters is 1. The van der Waals surface area contributed by atoms with Crippen LogP contribution in [0.25, 0.3) is 21.3 Å². The highest BCUT2D eigenvalue weighted by Gasteiger charge is 2.09. The van der Waals surface area contributed by atoms with E-state index in [1.165, 1.54) is 49.4 Å². The molecule has 0 aliphatic carbocycles. The summed E-state index contributed by atoms with van der Waals surface area (Å²) in [5, 5.41) is 2.54. The van der Waals surface area contributed by atoms with E-state index in [-0.39, 0.29) is 6.54 Å². The molecule has 0 aliphatic rings. The molecule has 0 aliphatic heterocycles. The van der Waals surface area contributed by atoms with Crippen LogP contribution in [-0.4, -0.2) is 47.5 Å². The van der Waals surface area contributed by atoms with Crippen molar-refractivity contribution >= 4 is 40.2 Å². The van der Waals surface area contributed by atoms with Gasteiger partial charge in [-0.25, -0.2) is 10.1 Å². The number of benzene rings is 2. The molecular formula is C26H31N5O2S2.